The molecule has 7 nitrogen and oxygen atoms in total. The van der Waals surface area contributed by atoms with Gasteiger partial charge in [-0.2, -0.15) is 0 Å². The summed E-state index contributed by atoms with van der Waals surface area (Å²) in [6, 6.07) is 6.65. The number of nitrogens with one attached hydrogen (secondary N) is 2. The Morgan fingerprint density at radius 2 is 1.92 bits per heavy atom. The molecule has 0 saturated heterocycles. The zero-order valence-electron chi connectivity index (χ0n) is 15.0. The van der Waals surface area contributed by atoms with Crippen molar-refractivity contribution in [1.29, 1.82) is 0 Å². The minimum Gasteiger partial charge on any atom is -0.497 e. The summed E-state index contributed by atoms with van der Waals surface area (Å²) < 4.78 is 5.12. The molecule has 0 saturated carbocycles. The van der Waals surface area contributed by atoms with Crippen molar-refractivity contribution >= 4 is 39.9 Å². The van der Waals surface area contributed by atoms with Crippen LogP contribution < -0.4 is 15.4 Å². The molecule has 9 heteroatoms. The smallest absolute Gasteiger partial charge is 0.248 e. The van der Waals surface area contributed by atoms with Gasteiger partial charge in [-0.15, -0.1) is 21.8 Å². The van der Waals surface area contributed by atoms with E-state index in [2.05, 4.69) is 20.8 Å². The van der Waals surface area contributed by atoms with Gasteiger partial charge in [0.25, 0.3) is 0 Å². The molecule has 2 amide bonds. The van der Waals surface area contributed by atoms with Crippen LogP contribution in [0.5, 0.6) is 5.75 Å². The molecule has 0 aliphatic heterocycles. The average molecular weight is 397 g/mol. The van der Waals surface area contributed by atoms with Crippen LogP contribution >= 0.6 is 22.9 Å². The molecule has 2 aromatic rings. The topological polar surface area (TPSA) is 93.2 Å². The number of halogens is 1. The second kappa shape index (κ2) is 8.46. The molecule has 0 bridgehead atoms. The summed E-state index contributed by atoms with van der Waals surface area (Å²) in [4.78, 5) is 24.3. The first-order chi connectivity index (χ1) is 12.3. The number of nitrogens with zero attached hydrogens (tertiary/aromatic N) is 2. The third-order valence-electron chi connectivity index (χ3n) is 3.68. The highest BCUT2D eigenvalue weighted by atomic mass is 35.5. The Balaban J connectivity index is 1.99. The van der Waals surface area contributed by atoms with Crippen molar-refractivity contribution in [3.8, 4) is 16.3 Å². The number of carbonyl (C=O) groups is 2. The zero-order valence-corrected chi connectivity index (χ0v) is 16.6. The number of anilines is 1. The minimum atomic E-state index is -0.750. The molecule has 1 atom stereocenters. The first-order valence-electron chi connectivity index (χ1n) is 7.92. The number of hydrogen-bond donors (Lipinski definition) is 2. The molecule has 1 aromatic heterocycles. The van der Waals surface area contributed by atoms with E-state index in [0.717, 1.165) is 11.3 Å². The van der Waals surface area contributed by atoms with Gasteiger partial charge < -0.3 is 10.1 Å². The van der Waals surface area contributed by atoms with Gasteiger partial charge in [0, 0.05) is 11.4 Å². The van der Waals surface area contributed by atoms with Crippen LogP contribution in [0.3, 0.4) is 0 Å². The molecule has 0 fully saturated rings. The minimum absolute atomic E-state index is 0.162. The Kier molecular flexibility index (Phi) is 6.55. The van der Waals surface area contributed by atoms with E-state index in [-0.39, 0.29) is 17.7 Å². The van der Waals surface area contributed by atoms with Crippen LogP contribution in [0, 0.1) is 5.41 Å². The molecule has 1 aromatic carbocycles. The fraction of sp³-hybridized carbons (Fsp3) is 0.412. The number of methoxy groups -OCH3 is 1. The lowest BCUT2D eigenvalue weighted by Crippen LogP contribution is -2.47. The molecular weight excluding hydrogens is 376 g/mol. The molecule has 1 heterocycles. The average Bonchev–Trinajstić information content (AvgIpc) is 3.10. The van der Waals surface area contributed by atoms with Gasteiger partial charge in [0.15, 0.2) is 0 Å². The predicted molar refractivity (Wildman–Crippen MR) is 103 cm³/mol. The number of rotatable bonds is 7. The summed E-state index contributed by atoms with van der Waals surface area (Å²) in [6.45, 7) is 5.03. The van der Waals surface area contributed by atoms with Gasteiger partial charge in [0.05, 0.1) is 12.5 Å². The number of hydrogen-bond acceptors (Lipinski definition) is 6. The van der Waals surface area contributed by atoms with Crippen LogP contribution in [0.4, 0.5) is 5.13 Å². The van der Waals surface area contributed by atoms with Crippen molar-refractivity contribution in [3.05, 3.63) is 24.3 Å². The Labute approximate surface area is 161 Å². The first-order valence-corrected chi connectivity index (χ1v) is 9.27. The number of aromatic nitrogens is 2. The van der Waals surface area contributed by atoms with Crippen molar-refractivity contribution < 1.29 is 14.3 Å². The number of carbonyl (C=O) groups excluding carboxylic acids is 2. The maximum absolute atomic E-state index is 12.3. The molecule has 0 aliphatic carbocycles. The first kappa shape index (κ1) is 20.1. The van der Waals surface area contributed by atoms with Crippen molar-refractivity contribution in [2.75, 3.05) is 18.3 Å². The third-order valence-corrected chi connectivity index (χ3v) is 5.24. The lowest BCUT2D eigenvalue weighted by Gasteiger charge is -2.23. The fourth-order valence-electron chi connectivity index (χ4n) is 1.86. The van der Waals surface area contributed by atoms with Gasteiger partial charge in [0.2, 0.25) is 16.9 Å². The predicted octanol–water partition coefficient (Wildman–Crippen LogP) is 2.92. The van der Waals surface area contributed by atoms with E-state index in [4.69, 9.17) is 16.3 Å². The SMILES string of the molecule is COc1ccc(-c2nnc(NC(=O)[C@H](C)NC(=O)C(C)(C)CCl)s2)cc1. The second-order valence-corrected chi connectivity index (χ2v) is 7.59. The Bertz CT molecular complexity index is 777. The van der Waals surface area contributed by atoms with Crippen molar-refractivity contribution in [2.24, 2.45) is 5.41 Å². The monoisotopic (exact) mass is 396 g/mol. The number of benzene rings is 1. The van der Waals surface area contributed by atoms with Gasteiger partial charge in [-0.3, -0.25) is 14.9 Å². The van der Waals surface area contributed by atoms with E-state index in [1.807, 2.05) is 24.3 Å². The van der Waals surface area contributed by atoms with E-state index >= 15 is 0 Å². The Hall–Kier alpha value is -2.19. The molecule has 140 valence electrons. The van der Waals surface area contributed by atoms with Gasteiger partial charge >= 0.3 is 0 Å². The van der Waals surface area contributed by atoms with Crippen LogP contribution in [-0.2, 0) is 9.59 Å². The summed E-state index contributed by atoms with van der Waals surface area (Å²) in [7, 11) is 1.60. The quantitative estimate of drug-likeness (QED) is 0.702. The molecule has 0 unspecified atom stereocenters. The van der Waals surface area contributed by atoms with Gasteiger partial charge in [-0.25, -0.2) is 0 Å². The summed E-state index contributed by atoms with van der Waals surface area (Å²) in [5.74, 6) is 0.248. The molecule has 26 heavy (non-hydrogen) atoms. The highest BCUT2D eigenvalue weighted by Gasteiger charge is 2.29. The number of alkyl halides is 1. The molecular formula is C17H21ClN4O3S. The highest BCUT2D eigenvalue weighted by Crippen LogP contribution is 2.27. The molecule has 2 N–H and O–H groups in total. The highest BCUT2D eigenvalue weighted by molar-refractivity contribution is 7.18. The van der Waals surface area contributed by atoms with Gasteiger partial charge in [-0.05, 0) is 45.0 Å². The molecule has 0 aliphatic rings. The maximum atomic E-state index is 12.3. The van der Waals surface area contributed by atoms with E-state index in [1.54, 1.807) is 27.9 Å². The van der Waals surface area contributed by atoms with Crippen molar-refractivity contribution in [3.63, 3.8) is 0 Å². The van der Waals surface area contributed by atoms with Crippen LogP contribution in [0.25, 0.3) is 10.6 Å². The van der Waals surface area contributed by atoms with Gasteiger partial charge in [0.1, 0.15) is 16.8 Å². The van der Waals surface area contributed by atoms with E-state index in [1.165, 1.54) is 11.3 Å². The van der Waals surface area contributed by atoms with Crippen molar-refractivity contribution in [1.82, 2.24) is 15.5 Å². The van der Waals surface area contributed by atoms with Gasteiger partial charge in [-0.1, -0.05) is 11.3 Å². The molecule has 0 radical (unpaired) electrons. The van der Waals surface area contributed by atoms with Crippen LogP contribution in [0.2, 0.25) is 0 Å². The van der Waals surface area contributed by atoms with Crippen molar-refractivity contribution in [2.45, 2.75) is 26.8 Å². The summed E-state index contributed by atoms with van der Waals surface area (Å²) in [5.41, 5.74) is 0.120. The number of ether oxygens (including phenoxy) is 1. The third kappa shape index (κ3) is 4.92. The summed E-state index contributed by atoms with van der Waals surface area (Å²) in [6.07, 6.45) is 0. The maximum Gasteiger partial charge on any atom is 0.248 e. The zero-order chi connectivity index (χ0) is 19.3. The lowest BCUT2D eigenvalue weighted by molar-refractivity contribution is -0.131. The van der Waals surface area contributed by atoms with E-state index < -0.39 is 11.5 Å². The lowest BCUT2D eigenvalue weighted by atomic mass is 9.95. The number of amides is 2. The summed E-state index contributed by atoms with van der Waals surface area (Å²) >= 11 is 7.02. The largest absolute Gasteiger partial charge is 0.497 e. The Morgan fingerprint density at radius 1 is 1.27 bits per heavy atom. The molecule has 2 rings (SSSR count). The van der Waals surface area contributed by atoms with E-state index in [9.17, 15) is 9.59 Å². The second-order valence-electron chi connectivity index (χ2n) is 6.34. The summed E-state index contributed by atoms with van der Waals surface area (Å²) in [5, 5.41) is 14.4. The van der Waals surface area contributed by atoms with E-state index in [0.29, 0.717) is 10.1 Å². The normalized spacial score (nSPS) is 12.3. The Morgan fingerprint density at radius 3 is 2.50 bits per heavy atom. The fourth-order valence-corrected chi connectivity index (χ4v) is 2.73. The van der Waals surface area contributed by atoms with Crippen LogP contribution in [-0.4, -0.2) is 41.0 Å². The van der Waals surface area contributed by atoms with Crippen LogP contribution in [0.15, 0.2) is 24.3 Å². The van der Waals surface area contributed by atoms with Crippen LogP contribution in [0.1, 0.15) is 20.8 Å². The molecule has 0 spiro atoms. The standard InChI is InChI=1S/C17H21ClN4O3S/c1-10(19-15(24)17(2,3)9-18)13(23)20-16-22-21-14(26-16)11-5-7-12(25-4)8-6-11/h5-8,10H,9H2,1-4H3,(H,19,24)(H,20,22,23)/t10-/m0/s1.